The van der Waals surface area contributed by atoms with Gasteiger partial charge in [-0.1, -0.05) is 47.7 Å². The normalized spacial score (nSPS) is 14.5. The van der Waals surface area contributed by atoms with Crippen LogP contribution in [0.15, 0.2) is 54.6 Å². The van der Waals surface area contributed by atoms with Gasteiger partial charge in [0.25, 0.3) is 5.91 Å². The number of piperazine rings is 1. The van der Waals surface area contributed by atoms with E-state index in [1.807, 2.05) is 47.4 Å². The molecule has 6 heteroatoms. The molecule has 1 aromatic heterocycles. The molecule has 1 aliphatic rings. The number of fused-ring (bicyclic) bond motifs is 2. The van der Waals surface area contributed by atoms with Crippen molar-refractivity contribution in [3.05, 3.63) is 65.7 Å². The summed E-state index contributed by atoms with van der Waals surface area (Å²) in [7, 11) is 1.68. The number of anilines is 1. The lowest BCUT2D eigenvalue weighted by atomic mass is 10.1. The fourth-order valence-corrected chi connectivity index (χ4v) is 5.11. The van der Waals surface area contributed by atoms with Crippen molar-refractivity contribution < 1.29 is 9.53 Å². The Morgan fingerprint density at radius 3 is 2.53 bits per heavy atom. The summed E-state index contributed by atoms with van der Waals surface area (Å²) in [6.07, 6.45) is 0. The molecule has 3 aromatic carbocycles. The Morgan fingerprint density at radius 2 is 1.77 bits per heavy atom. The lowest BCUT2D eigenvalue weighted by Crippen LogP contribution is -2.48. The highest BCUT2D eigenvalue weighted by atomic mass is 32.1. The topological polar surface area (TPSA) is 45.7 Å². The average molecular weight is 418 g/mol. The van der Waals surface area contributed by atoms with Crippen molar-refractivity contribution in [2.75, 3.05) is 38.2 Å². The van der Waals surface area contributed by atoms with E-state index in [0.717, 1.165) is 45.8 Å². The average Bonchev–Trinajstić information content (AvgIpc) is 3.25. The van der Waals surface area contributed by atoms with Gasteiger partial charge in [-0.15, -0.1) is 0 Å². The molecule has 0 aliphatic carbocycles. The summed E-state index contributed by atoms with van der Waals surface area (Å²) in [4.78, 5) is 22.1. The number of aromatic nitrogens is 1. The molecule has 1 amide bonds. The number of ether oxygens (including phenoxy) is 1. The number of methoxy groups -OCH3 is 1. The number of thiazole rings is 1. The summed E-state index contributed by atoms with van der Waals surface area (Å²) in [5.41, 5.74) is 2.88. The minimum atomic E-state index is 0.0993. The maximum Gasteiger partial charge on any atom is 0.253 e. The van der Waals surface area contributed by atoms with Gasteiger partial charge < -0.3 is 14.5 Å². The Bertz CT molecular complexity index is 1240. The summed E-state index contributed by atoms with van der Waals surface area (Å²) < 4.78 is 6.65. The second kappa shape index (κ2) is 7.61. The lowest BCUT2D eigenvalue weighted by Gasteiger charge is -2.34. The van der Waals surface area contributed by atoms with Gasteiger partial charge in [-0.05, 0) is 41.5 Å². The quantitative estimate of drug-likeness (QED) is 0.484. The van der Waals surface area contributed by atoms with E-state index in [0.29, 0.717) is 13.1 Å². The van der Waals surface area contributed by atoms with E-state index in [1.165, 1.54) is 10.3 Å². The molecule has 1 aliphatic heterocycles. The third-order valence-corrected chi connectivity index (χ3v) is 7.00. The second-order valence-electron chi connectivity index (χ2n) is 7.60. The van der Waals surface area contributed by atoms with E-state index in [-0.39, 0.29) is 5.91 Å². The first-order chi connectivity index (χ1) is 14.6. The number of aryl methyl sites for hydroxylation is 1. The number of amides is 1. The van der Waals surface area contributed by atoms with Crippen LogP contribution in [-0.4, -0.2) is 49.1 Å². The van der Waals surface area contributed by atoms with Crippen LogP contribution < -0.4 is 9.64 Å². The maximum atomic E-state index is 13.0. The Morgan fingerprint density at radius 1 is 1.00 bits per heavy atom. The Balaban J connectivity index is 1.33. The zero-order valence-corrected chi connectivity index (χ0v) is 17.9. The van der Waals surface area contributed by atoms with Gasteiger partial charge in [-0.2, -0.15) is 0 Å². The fraction of sp³-hybridized carbons (Fsp3) is 0.250. The molecule has 1 fully saturated rings. The second-order valence-corrected chi connectivity index (χ2v) is 8.58. The van der Waals surface area contributed by atoms with Gasteiger partial charge >= 0.3 is 0 Å². The van der Waals surface area contributed by atoms with E-state index in [9.17, 15) is 4.79 Å². The highest BCUT2D eigenvalue weighted by molar-refractivity contribution is 7.22. The molecular weight excluding hydrogens is 394 g/mol. The minimum Gasteiger partial charge on any atom is -0.494 e. The molecule has 4 aromatic rings. The zero-order chi connectivity index (χ0) is 20.7. The first kappa shape index (κ1) is 18.9. The first-order valence-electron chi connectivity index (χ1n) is 10.1. The molecule has 0 spiro atoms. The van der Waals surface area contributed by atoms with Crippen LogP contribution in [0.5, 0.6) is 5.75 Å². The Labute approximate surface area is 179 Å². The number of carbonyl (C=O) groups excluding carboxylic acids is 1. The zero-order valence-electron chi connectivity index (χ0n) is 17.1. The summed E-state index contributed by atoms with van der Waals surface area (Å²) in [6, 6.07) is 18.1. The van der Waals surface area contributed by atoms with Gasteiger partial charge in [-0.3, -0.25) is 4.79 Å². The highest BCUT2D eigenvalue weighted by Crippen LogP contribution is 2.36. The van der Waals surface area contributed by atoms with Crippen LogP contribution in [0.2, 0.25) is 0 Å². The van der Waals surface area contributed by atoms with Crippen LogP contribution >= 0.6 is 11.3 Å². The van der Waals surface area contributed by atoms with E-state index < -0.39 is 0 Å². The molecule has 152 valence electrons. The van der Waals surface area contributed by atoms with Gasteiger partial charge in [0.1, 0.15) is 11.3 Å². The van der Waals surface area contributed by atoms with Crippen molar-refractivity contribution in [2.45, 2.75) is 6.92 Å². The van der Waals surface area contributed by atoms with Gasteiger partial charge in [0.2, 0.25) is 0 Å². The van der Waals surface area contributed by atoms with Gasteiger partial charge in [0, 0.05) is 31.7 Å². The highest BCUT2D eigenvalue weighted by Gasteiger charge is 2.24. The minimum absolute atomic E-state index is 0.0993. The molecule has 5 rings (SSSR count). The molecule has 0 saturated carbocycles. The third-order valence-electron chi connectivity index (χ3n) is 5.75. The number of hydrogen-bond acceptors (Lipinski definition) is 5. The molecule has 0 radical (unpaired) electrons. The smallest absolute Gasteiger partial charge is 0.253 e. The molecule has 0 bridgehead atoms. The van der Waals surface area contributed by atoms with Crippen molar-refractivity contribution in [1.29, 1.82) is 0 Å². The van der Waals surface area contributed by atoms with Crippen molar-refractivity contribution in [3.63, 3.8) is 0 Å². The van der Waals surface area contributed by atoms with E-state index in [1.54, 1.807) is 18.4 Å². The van der Waals surface area contributed by atoms with Gasteiger partial charge in [0.05, 0.1) is 11.8 Å². The number of rotatable bonds is 3. The molecule has 0 N–H and O–H groups in total. The van der Waals surface area contributed by atoms with E-state index in [2.05, 4.69) is 24.0 Å². The number of hydrogen-bond donors (Lipinski definition) is 0. The molecule has 1 saturated heterocycles. The van der Waals surface area contributed by atoms with E-state index in [4.69, 9.17) is 9.72 Å². The van der Waals surface area contributed by atoms with Gasteiger partial charge in [-0.25, -0.2) is 4.98 Å². The summed E-state index contributed by atoms with van der Waals surface area (Å²) >= 11 is 1.70. The van der Waals surface area contributed by atoms with Crippen molar-refractivity contribution >= 4 is 43.4 Å². The van der Waals surface area contributed by atoms with Crippen molar-refractivity contribution in [1.82, 2.24) is 9.88 Å². The molecule has 5 nitrogen and oxygen atoms in total. The van der Waals surface area contributed by atoms with Crippen molar-refractivity contribution in [3.8, 4) is 5.75 Å². The van der Waals surface area contributed by atoms with E-state index >= 15 is 0 Å². The van der Waals surface area contributed by atoms with Crippen LogP contribution in [0.1, 0.15) is 15.9 Å². The Kier molecular flexibility index (Phi) is 4.79. The van der Waals surface area contributed by atoms with Crippen LogP contribution in [0, 0.1) is 6.92 Å². The predicted molar refractivity (Wildman–Crippen MR) is 123 cm³/mol. The number of carbonyl (C=O) groups is 1. The van der Waals surface area contributed by atoms with Gasteiger partial charge in [0.15, 0.2) is 5.13 Å². The van der Waals surface area contributed by atoms with Crippen molar-refractivity contribution in [2.24, 2.45) is 0 Å². The van der Waals surface area contributed by atoms with Crippen LogP contribution in [0.4, 0.5) is 5.13 Å². The molecule has 0 atom stereocenters. The lowest BCUT2D eigenvalue weighted by molar-refractivity contribution is 0.0747. The molecule has 0 unspecified atom stereocenters. The predicted octanol–water partition coefficient (Wildman–Crippen LogP) is 4.73. The monoisotopic (exact) mass is 417 g/mol. The molecule has 30 heavy (non-hydrogen) atoms. The fourth-order valence-electron chi connectivity index (χ4n) is 4.00. The standard InChI is InChI=1S/C24H23N3O2S/c1-16-7-10-20(29-2)21-22(16)30-24(25-21)27-13-11-26(12-14-27)23(28)19-9-8-17-5-3-4-6-18(17)15-19/h3-10,15H,11-14H2,1-2H3. The third kappa shape index (κ3) is 3.27. The largest absolute Gasteiger partial charge is 0.494 e. The van der Waals surface area contributed by atoms with Crippen LogP contribution in [0.3, 0.4) is 0 Å². The van der Waals surface area contributed by atoms with Crippen LogP contribution in [-0.2, 0) is 0 Å². The maximum absolute atomic E-state index is 13.0. The molecular formula is C24H23N3O2S. The summed E-state index contributed by atoms with van der Waals surface area (Å²) in [5.74, 6) is 0.908. The SMILES string of the molecule is COc1ccc(C)c2sc(N3CCN(C(=O)c4ccc5ccccc5c4)CC3)nc12. The molecule has 2 heterocycles. The summed E-state index contributed by atoms with van der Waals surface area (Å²) in [6.45, 7) is 5.04. The Hall–Kier alpha value is -3.12. The summed E-state index contributed by atoms with van der Waals surface area (Å²) in [5, 5.41) is 3.25. The first-order valence-corrected chi connectivity index (χ1v) is 10.9. The number of benzene rings is 3. The number of nitrogens with zero attached hydrogens (tertiary/aromatic N) is 3. The van der Waals surface area contributed by atoms with Crippen LogP contribution in [0.25, 0.3) is 21.0 Å².